The minimum absolute atomic E-state index is 0.426. The maximum Gasteiger partial charge on any atom is 0.434 e. The number of alkyl halides is 3. The lowest BCUT2D eigenvalue weighted by Gasteiger charge is -2.34. The molecule has 1 saturated heterocycles. The van der Waals surface area contributed by atoms with Crippen LogP contribution in [0.15, 0.2) is 10.4 Å². The summed E-state index contributed by atoms with van der Waals surface area (Å²) in [5.41, 5.74) is -0.808. The zero-order valence-corrected chi connectivity index (χ0v) is 15.5. The van der Waals surface area contributed by atoms with Crippen LogP contribution in [0.4, 0.5) is 13.2 Å². The first-order chi connectivity index (χ1) is 11.4. The van der Waals surface area contributed by atoms with Crippen molar-refractivity contribution in [3.8, 4) is 0 Å². The number of nitrogens with one attached hydrogen (secondary N) is 1. The Kier molecular flexibility index (Phi) is 7.21. The number of halogens is 3. The van der Waals surface area contributed by atoms with Crippen LogP contribution in [0, 0.1) is 0 Å². The Balaban J connectivity index is 1.94. The van der Waals surface area contributed by atoms with E-state index in [1.165, 1.54) is 0 Å². The number of aromatic nitrogens is 1. The molecule has 0 aromatic carbocycles. The summed E-state index contributed by atoms with van der Waals surface area (Å²) in [5, 5.41) is 5.43. The molecule has 2 heterocycles. The fraction of sp³-hybridized carbons (Fsp3) is 0.733. The van der Waals surface area contributed by atoms with Gasteiger partial charge in [0.1, 0.15) is 0 Å². The Morgan fingerprint density at radius 2 is 2.25 bits per heavy atom. The van der Waals surface area contributed by atoms with Crippen LogP contribution in [0.2, 0.25) is 0 Å². The van der Waals surface area contributed by atoms with Gasteiger partial charge in [0, 0.05) is 49.0 Å². The molecule has 1 fully saturated rings. The van der Waals surface area contributed by atoms with Crippen molar-refractivity contribution < 1.29 is 13.2 Å². The summed E-state index contributed by atoms with van der Waals surface area (Å²) in [6.07, 6.45) is -2.82. The van der Waals surface area contributed by atoms with Crippen LogP contribution in [0.5, 0.6) is 0 Å². The average Bonchev–Trinajstić information content (AvgIpc) is 3.03. The third-order valence-corrected chi connectivity index (χ3v) is 5.94. The van der Waals surface area contributed by atoms with Gasteiger partial charge in [0.25, 0.3) is 0 Å². The van der Waals surface area contributed by atoms with Crippen molar-refractivity contribution in [3.05, 3.63) is 16.1 Å². The maximum atomic E-state index is 12.6. The van der Waals surface area contributed by atoms with E-state index < -0.39 is 11.9 Å². The Labute approximate surface area is 148 Å². The van der Waals surface area contributed by atoms with Gasteiger partial charge in [-0.05, 0) is 13.3 Å². The van der Waals surface area contributed by atoms with Crippen molar-refractivity contribution in [1.29, 1.82) is 0 Å². The van der Waals surface area contributed by atoms with E-state index in [0.717, 1.165) is 54.5 Å². The van der Waals surface area contributed by atoms with Gasteiger partial charge in [-0.25, -0.2) is 4.98 Å². The first-order valence-electron chi connectivity index (χ1n) is 8.10. The summed E-state index contributed by atoms with van der Waals surface area (Å²) in [5.74, 6) is 1.92. The van der Waals surface area contributed by atoms with Crippen molar-refractivity contribution >= 4 is 29.1 Å². The van der Waals surface area contributed by atoms with Crippen molar-refractivity contribution in [1.82, 2.24) is 15.2 Å². The van der Waals surface area contributed by atoms with E-state index in [-0.39, 0.29) is 0 Å². The van der Waals surface area contributed by atoms with Crippen molar-refractivity contribution in [2.45, 2.75) is 38.1 Å². The monoisotopic (exact) mass is 380 g/mol. The second kappa shape index (κ2) is 8.94. The zero-order chi connectivity index (χ0) is 17.6. The molecule has 1 aliphatic rings. The smallest absolute Gasteiger partial charge is 0.357 e. The van der Waals surface area contributed by atoms with Gasteiger partial charge in [0.05, 0.1) is 5.01 Å². The van der Waals surface area contributed by atoms with E-state index in [1.807, 2.05) is 18.7 Å². The van der Waals surface area contributed by atoms with E-state index in [4.69, 9.17) is 0 Å². The van der Waals surface area contributed by atoms with Crippen LogP contribution >= 0.6 is 23.1 Å². The summed E-state index contributed by atoms with van der Waals surface area (Å²) in [7, 11) is 0. The number of thioether (sulfide) groups is 1. The minimum atomic E-state index is -4.37. The van der Waals surface area contributed by atoms with Crippen LogP contribution in [0.3, 0.4) is 0 Å². The van der Waals surface area contributed by atoms with Gasteiger partial charge in [-0.1, -0.05) is 6.92 Å². The van der Waals surface area contributed by atoms with Gasteiger partial charge in [-0.3, -0.25) is 4.99 Å². The van der Waals surface area contributed by atoms with Gasteiger partial charge in [-0.2, -0.15) is 24.9 Å². The molecule has 0 amide bonds. The summed E-state index contributed by atoms with van der Waals surface area (Å²) in [4.78, 5) is 10.5. The molecule has 1 N–H and O–H groups in total. The lowest BCUT2D eigenvalue weighted by atomic mass is 10.3. The normalized spacial score (nSPS) is 19.6. The largest absolute Gasteiger partial charge is 0.434 e. The van der Waals surface area contributed by atoms with E-state index in [9.17, 15) is 13.2 Å². The Bertz CT molecular complexity index is 545. The molecule has 0 spiro atoms. The van der Waals surface area contributed by atoms with E-state index in [2.05, 4.69) is 27.1 Å². The Morgan fingerprint density at radius 1 is 1.46 bits per heavy atom. The fourth-order valence-electron chi connectivity index (χ4n) is 2.40. The van der Waals surface area contributed by atoms with Crippen molar-refractivity contribution in [2.75, 3.05) is 31.9 Å². The number of guanidine groups is 1. The molecular formula is C15H23F3N4S2. The Morgan fingerprint density at radius 3 is 2.88 bits per heavy atom. The molecule has 0 radical (unpaired) electrons. The molecule has 136 valence electrons. The lowest BCUT2D eigenvalue weighted by Crippen LogP contribution is -2.48. The van der Waals surface area contributed by atoms with E-state index >= 15 is 0 Å². The summed E-state index contributed by atoms with van der Waals surface area (Å²) in [6.45, 7) is 7.32. The number of nitrogens with zero attached hydrogens (tertiary/aromatic N) is 3. The predicted molar refractivity (Wildman–Crippen MR) is 94.9 cm³/mol. The number of thiazole rings is 1. The Hall–Kier alpha value is -0.960. The van der Waals surface area contributed by atoms with Gasteiger partial charge in [0.15, 0.2) is 11.7 Å². The van der Waals surface area contributed by atoms with E-state index in [1.54, 1.807) is 0 Å². The molecule has 1 aromatic rings. The van der Waals surface area contributed by atoms with E-state index in [0.29, 0.717) is 23.2 Å². The van der Waals surface area contributed by atoms with Crippen LogP contribution in [0.25, 0.3) is 0 Å². The van der Waals surface area contributed by atoms with Gasteiger partial charge < -0.3 is 10.2 Å². The van der Waals surface area contributed by atoms with Crippen LogP contribution in [-0.4, -0.2) is 53.0 Å². The van der Waals surface area contributed by atoms with Gasteiger partial charge in [0.2, 0.25) is 0 Å². The molecule has 1 atom stereocenters. The highest BCUT2D eigenvalue weighted by Gasteiger charge is 2.33. The molecule has 0 aliphatic carbocycles. The number of aliphatic imine (C=N–C) groups is 1. The SMILES string of the molecule is CCNC(=NCCc1nc(C(F)(F)F)cs1)N1CCSC(CC)C1. The summed E-state index contributed by atoms with van der Waals surface area (Å²) < 4.78 is 37.7. The maximum absolute atomic E-state index is 12.6. The third-order valence-electron chi connectivity index (χ3n) is 3.66. The van der Waals surface area contributed by atoms with Crippen LogP contribution in [-0.2, 0) is 12.6 Å². The molecule has 24 heavy (non-hydrogen) atoms. The highest BCUT2D eigenvalue weighted by molar-refractivity contribution is 8.00. The highest BCUT2D eigenvalue weighted by atomic mass is 32.2. The van der Waals surface area contributed by atoms with Crippen LogP contribution in [0.1, 0.15) is 31.0 Å². The molecule has 0 bridgehead atoms. The molecule has 1 aromatic heterocycles. The second-order valence-corrected chi connectivity index (χ2v) is 7.81. The lowest BCUT2D eigenvalue weighted by molar-refractivity contribution is -0.140. The zero-order valence-electron chi connectivity index (χ0n) is 13.9. The standard InChI is InChI=1S/C15H23F3N4S2/c1-3-11-9-22(7-8-23-11)14(19-4-2)20-6-5-13-21-12(10-24-13)15(16,17)18/h10-11H,3-9H2,1-2H3,(H,19,20). The topological polar surface area (TPSA) is 40.5 Å². The molecular weight excluding hydrogens is 357 g/mol. The number of rotatable bonds is 5. The third kappa shape index (κ3) is 5.54. The second-order valence-electron chi connectivity index (χ2n) is 5.46. The van der Waals surface area contributed by atoms with Crippen LogP contribution < -0.4 is 5.32 Å². The molecule has 0 saturated carbocycles. The van der Waals surface area contributed by atoms with Crippen molar-refractivity contribution in [3.63, 3.8) is 0 Å². The number of hydrogen-bond acceptors (Lipinski definition) is 4. The average molecular weight is 381 g/mol. The molecule has 9 heteroatoms. The quantitative estimate of drug-likeness (QED) is 0.627. The predicted octanol–water partition coefficient (Wildman–Crippen LogP) is 3.50. The first kappa shape index (κ1) is 19.4. The van der Waals surface area contributed by atoms with Gasteiger partial charge >= 0.3 is 6.18 Å². The summed E-state index contributed by atoms with van der Waals surface area (Å²) in [6, 6.07) is 0. The molecule has 1 unspecified atom stereocenters. The minimum Gasteiger partial charge on any atom is -0.357 e. The first-order valence-corrected chi connectivity index (χ1v) is 10.0. The van der Waals surface area contributed by atoms with Gasteiger partial charge in [-0.15, -0.1) is 11.3 Å². The molecule has 2 rings (SSSR count). The fourth-order valence-corrected chi connectivity index (χ4v) is 4.37. The summed E-state index contributed by atoms with van der Waals surface area (Å²) >= 11 is 3.03. The molecule has 4 nitrogen and oxygen atoms in total. The van der Waals surface area contributed by atoms with Crippen molar-refractivity contribution in [2.24, 2.45) is 4.99 Å². The number of hydrogen-bond donors (Lipinski definition) is 1. The molecule has 1 aliphatic heterocycles. The highest BCUT2D eigenvalue weighted by Crippen LogP contribution is 2.30.